The van der Waals surface area contributed by atoms with E-state index in [4.69, 9.17) is 0 Å². The molecule has 2 fully saturated rings. The van der Waals surface area contributed by atoms with Crippen LogP contribution >= 0.6 is 0 Å². The van der Waals surface area contributed by atoms with E-state index in [-0.39, 0.29) is 24.3 Å². The average molecular weight is 296 g/mol. The summed E-state index contributed by atoms with van der Waals surface area (Å²) in [4.78, 5) is 28.6. The van der Waals surface area contributed by atoms with Crippen LogP contribution in [0.15, 0.2) is 0 Å². The predicted molar refractivity (Wildman–Crippen MR) is 81.0 cm³/mol. The summed E-state index contributed by atoms with van der Waals surface area (Å²) in [6.07, 6.45) is 2.45. The summed E-state index contributed by atoms with van der Waals surface area (Å²) >= 11 is 0. The molecular weight excluding hydrogens is 268 g/mol. The number of hydrogen-bond donors (Lipinski definition) is 1. The van der Waals surface area contributed by atoms with Crippen LogP contribution in [-0.4, -0.2) is 58.5 Å². The highest BCUT2D eigenvalue weighted by Crippen LogP contribution is 2.33. The largest absolute Gasteiger partial charge is 0.481 e. The average Bonchev–Trinajstić information content (AvgIpc) is 2.83. The number of carbonyl (C=O) groups excluding carboxylic acids is 1. The van der Waals surface area contributed by atoms with Gasteiger partial charge in [0, 0.05) is 31.6 Å². The highest BCUT2D eigenvalue weighted by Gasteiger charge is 2.42. The Morgan fingerprint density at radius 1 is 1.33 bits per heavy atom. The summed E-state index contributed by atoms with van der Waals surface area (Å²) in [7, 11) is 0. The molecule has 3 unspecified atom stereocenters. The van der Waals surface area contributed by atoms with Gasteiger partial charge >= 0.3 is 5.97 Å². The van der Waals surface area contributed by atoms with Crippen molar-refractivity contribution in [3.63, 3.8) is 0 Å². The third-order valence-corrected chi connectivity index (χ3v) is 5.54. The molecule has 1 N–H and O–H groups in total. The first-order chi connectivity index (χ1) is 9.75. The number of piperazine rings is 1. The minimum absolute atomic E-state index is 0.00681. The quantitative estimate of drug-likeness (QED) is 0.859. The molecule has 0 radical (unpaired) electrons. The van der Waals surface area contributed by atoms with Crippen LogP contribution in [0.1, 0.15) is 47.0 Å². The van der Waals surface area contributed by atoms with Gasteiger partial charge < -0.3 is 10.0 Å². The van der Waals surface area contributed by atoms with Gasteiger partial charge in [0.1, 0.15) is 0 Å². The van der Waals surface area contributed by atoms with Gasteiger partial charge in [0.25, 0.3) is 0 Å². The van der Waals surface area contributed by atoms with Crippen LogP contribution in [0, 0.1) is 11.3 Å². The molecule has 2 heterocycles. The Hall–Kier alpha value is -1.10. The molecule has 5 nitrogen and oxygen atoms in total. The molecule has 0 saturated carbocycles. The Labute approximate surface area is 127 Å². The summed E-state index contributed by atoms with van der Waals surface area (Å²) < 4.78 is 0. The van der Waals surface area contributed by atoms with E-state index in [1.807, 2.05) is 18.7 Å². The summed E-state index contributed by atoms with van der Waals surface area (Å²) in [5.41, 5.74) is -0.983. The maximum atomic E-state index is 12.7. The lowest BCUT2D eigenvalue weighted by Gasteiger charge is -2.43. The molecule has 0 aromatic carbocycles. The normalized spacial score (nSPS) is 29.3. The lowest BCUT2D eigenvalue weighted by atomic mass is 9.76. The Morgan fingerprint density at radius 2 is 2.00 bits per heavy atom. The molecule has 2 aliphatic heterocycles. The second-order valence-corrected chi connectivity index (χ2v) is 7.24. The first kappa shape index (κ1) is 16.3. The summed E-state index contributed by atoms with van der Waals surface area (Å²) in [5.74, 6) is -0.951. The molecule has 0 bridgehead atoms. The number of carboxylic acid groups (broad SMARTS) is 1. The van der Waals surface area contributed by atoms with Crippen molar-refractivity contribution in [2.24, 2.45) is 11.3 Å². The van der Waals surface area contributed by atoms with Crippen molar-refractivity contribution in [3.05, 3.63) is 0 Å². The van der Waals surface area contributed by atoms with Crippen LogP contribution in [0.5, 0.6) is 0 Å². The van der Waals surface area contributed by atoms with E-state index in [1.165, 1.54) is 6.42 Å². The van der Waals surface area contributed by atoms with Gasteiger partial charge in [0.15, 0.2) is 0 Å². The lowest BCUT2D eigenvalue weighted by molar-refractivity contribution is -0.157. The Morgan fingerprint density at radius 3 is 2.57 bits per heavy atom. The molecule has 3 atom stereocenters. The molecule has 2 rings (SSSR count). The van der Waals surface area contributed by atoms with Gasteiger partial charge in [-0.25, -0.2) is 0 Å². The number of carboxylic acids is 1. The van der Waals surface area contributed by atoms with E-state index in [0.717, 1.165) is 26.1 Å². The third-order valence-electron chi connectivity index (χ3n) is 5.54. The number of fused-ring (bicyclic) bond motifs is 1. The van der Waals surface area contributed by atoms with Crippen LogP contribution in [-0.2, 0) is 9.59 Å². The number of aliphatic carboxylic acids is 1. The van der Waals surface area contributed by atoms with E-state index in [9.17, 15) is 14.7 Å². The van der Waals surface area contributed by atoms with Crippen LogP contribution in [0.25, 0.3) is 0 Å². The molecule has 0 spiro atoms. The van der Waals surface area contributed by atoms with Gasteiger partial charge in [-0.2, -0.15) is 0 Å². The van der Waals surface area contributed by atoms with Gasteiger partial charge in [-0.05, 0) is 39.2 Å². The van der Waals surface area contributed by atoms with Gasteiger partial charge in [-0.15, -0.1) is 0 Å². The summed E-state index contributed by atoms with van der Waals surface area (Å²) in [6.45, 7) is 10.3. The Bertz CT molecular complexity index is 424. The molecule has 2 aliphatic rings. The van der Waals surface area contributed by atoms with E-state index in [0.29, 0.717) is 6.04 Å². The summed E-state index contributed by atoms with van der Waals surface area (Å²) in [6, 6.07) is 0.650. The number of rotatable bonds is 4. The highest BCUT2D eigenvalue weighted by atomic mass is 16.4. The molecule has 2 saturated heterocycles. The van der Waals surface area contributed by atoms with Gasteiger partial charge in [-0.1, -0.05) is 13.8 Å². The number of hydrogen-bond acceptors (Lipinski definition) is 3. The predicted octanol–water partition coefficient (Wildman–Crippen LogP) is 1.82. The molecule has 0 aliphatic carbocycles. The second kappa shape index (κ2) is 5.95. The zero-order valence-electron chi connectivity index (χ0n) is 13.6. The van der Waals surface area contributed by atoms with Crippen LogP contribution in [0.4, 0.5) is 0 Å². The smallest absolute Gasteiger partial charge is 0.310 e. The van der Waals surface area contributed by atoms with E-state index in [2.05, 4.69) is 11.8 Å². The Kier molecular flexibility index (Phi) is 4.61. The molecule has 5 heteroatoms. The molecule has 0 aromatic rings. The highest BCUT2D eigenvalue weighted by molar-refractivity contribution is 5.85. The maximum absolute atomic E-state index is 12.7. The van der Waals surface area contributed by atoms with Crippen molar-refractivity contribution in [3.8, 4) is 0 Å². The van der Waals surface area contributed by atoms with Crippen molar-refractivity contribution in [2.45, 2.75) is 59.0 Å². The fraction of sp³-hybridized carbons (Fsp3) is 0.875. The fourth-order valence-corrected chi connectivity index (χ4v) is 3.48. The summed E-state index contributed by atoms with van der Waals surface area (Å²) in [5, 5.41) is 9.49. The Balaban J connectivity index is 2.07. The standard InChI is InChI=1S/C16H28N2O3/c1-11(2)16(4,15(20)21)8-14(19)18-10-13-6-5-7-17(13)9-12(18)3/h11-13H,5-10H2,1-4H3,(H,20,21). The molecule has 1 amide bonds. The zero-order valence-corrected chi connectivity index (χ0v) is 13.6. The third kappa shape index (κ3) is 3.07. The SMILES string of the molecule is CC1CN2CCCC2CN1C(=O)CC(C)(C(=O)O)C(C)C. The van der Waals surface area contributed by atoms with Crippen molar-refractivity contribution < 1.29 is 14.7 Å². The van der Waals surface area contributed by atoms with Crippen molar-refractivity contribution in [1.29, 1.82) is 0 Å². The molecular formula is C16H28N2O3. The number of carbonyl (C=O) groups is 2. The molecule has 120 valence electrons. The second-order valence-electron chi connectivity index (χ2n) is 7.24. The van der Waals surface area contributed by atoms with Crippen LogP contribution in [0.3, 0.4) is 0 Å². The first-order valence-corrected chi connectivity index (χ1v) is 8.02. The van der Waals surface area contributed by atoms with Crippen LogP contribution < -0.4 is 0 Å². The van der Waals surface area contributed by atoms with Crippen molar-refractivity contribution in [2.75, 3.05) is 19.6 Å². The topological polar surface area (TPSA) is 60.9 Å². The number of amides is 1. The monoisotopic (exact) mass is 296 g/mol. The van der Waals surface area contributed by atoms with Gasteiger partial charge in [0.2, 0.25) is 5.91 Å². The van der Waals surface area contributed by atoms with E-state index in [1.54, 1.807) is 6.92 Å². The molecule has 21 heavy (non-hydrogen) atoms. The minimum Gasteiger partial charge on any atom is -0.481 e. The zero-order chi connectivity index (χ0) is 15.8. The minimum atomic E-state index is -0.983. The van der Waals surface area contributed by atoms with Gasteiger partial charge in [-0.3, -0.25) is 14.5 Å². The fourth-order valence-electron chi connectivity index (χ4n) is 3.48. The number of nitrogens with zero attached hydrogens (tertiary/aromatic N) is 2. The maximum Gasteiger partial charge on any atom is 0.310 e. The lowest BCUT2D eigenvalue weighted by Crippen LogP contribution is -2.57. The first-order valence-electron chi connectivity index (χ1n) is 8.02. The van der Waals surface area contributed by atoms with Crippen molar-refractivity contribution >= 4 is 11.9 Å². The van der Waals surface area contributed by atoms with Gasteiger partial charge in [0.05, 0.1) is 5.41 Å². The van der Waals surface area contributed by atoms with Crippen molar-refractivity contribution in [1.82, 2.24) is 9.80 Å². The van der Waals surface area contributed by atoms with E-state index < -0.39 is 11.4 Å². The van der Waals surface area contributed by atoms with Crippen LogP contribution in [0.2, 0.25) is 0 Å². The van der Waals surface area contributed by atoms with E-state index >= 15 is 0 Å². The molecule has 0 aromatic heterocycles.